The van der Waals surface area contributed by atoms with E-state index >= 15 is 0 Å². The smallest absolute Gasteiger partial charge is 0.220 e. The number of nitrogens with one attached hydrogen (secondary N) is 1. The zero-order valence-corrected chi connectivity index (χ0v) is 8.38. The third-order valence-electron chi connectivity index (χ3n) is 1.80. The van der Waals surface area contributed by atoms with Gasteiger partial charge in [-0.1, -0.05) is 0 Å². The predicted octanol–water partition coefficient (Wildman–Crippen LogP) is 0.300. The maximum atomic E-state index is 11.1. The lowest BCUT2D eigenvalue weighted by Crippen LogP contribution is -2.31. The number of aliphatic hydroxyl groups excluding tert-OH is 1. The Balaban J connectivity index is 3.30. The maximum Gasteiger partial charge on any atom is 0.220 e. The Kier molecular flexibility index (Phi) is 7.63. The summed E-state index contributed by atoms with van der Waals surface area (Å²) in [7, 11) is 1.61. The van der Waals surface area contributed by atoms with E-state index in [1.54, 1.807) is 7.11 Å². The third-order valence-corrected chi connectivity index (χ3v) is 1.80. The van der Waals surface area contributed by atoms with Crippen molar-refractivity contribution in [2.45, 2.75) is 32.3 Å². The van der Waals surface area contributed by atoms with Crippen molar-refractivity contribution in [2.75, 3.05) is 20.3 Å². The van der Waals surface area contributed by atoms with E-state index in [9.17, 15) is 4.79 Å². The number of unbranched alkanes of at least 4 members (excludes halogenated alkanes) is 1. The Morgan fingerprint density at radius 2 is 2.23 bits per heavy atom. The number of methoxy groups -OCH3 is 1. The first-order valence-corrected chi connectivity index (χ1v) is 4.61. The molecular formula is C9H19NO3. The van der Waals surface area contributed by atoms with Gasteiger partial charge in [-0.05, 0) is 19.8 Å². The fraction of sp³-hybridized carbons (Fsp3) is 0.889. The van der Waals surface area contributed by atoms with Crippen molar-refractivity contribution in [1.29, 1.82) is 0 Å². The van der Waals surface area contributed by atoms with Gasteiger partial charge in [0.15, 0.2) is 0 Å². The second-order valence-electron chi connectivity index (χ2n) is 3.03. The number of carbonyl (C=O) groups is 1. The molecule has 0 aromatic rings. The molecule has 78 valence electrons. The molecule has 0 aliphatic rings. The molecule has 0 radical (unpaired) electrons. The van der Waals surface area contributed by atoms with E-state index in [0.29, 0.717) is 19.4 Å². The van der Waals surface area contributed by atoms with Gasteiger partial charge in [0.2, 0.25) is 5.91 Å². The lowest BCUT2D eigenvalue weighted by molar-refractivity contribution is -0.121. The van der Waals surface area contributed by atoms with Crippen LogP contribution < -0.4 is 5.32 Å². The van der Waals surface area contributed by atoms with Crippen LogP contribution in [0.3, 0.4) is 0 Å². The average Bonchev–Trinajstić information content (AvgIpc) is 2.14. The quantitative estimate of drug-likeness (QED) is 0.566. The molecule has 0 fully saturated rings. The molecular weight excluding hydrogens is 170 g/mol. The number of hydrogen-bond donors (Lipinski definition) is 2. The van der Waals surface area contributed by atoms with E-state index in [-0.39, 0.29) is 18.6 Å². The van der Waals surface area contributed by atoms with Crippen LogP contribution in [0, 0.1) is 0 Å². The Hall–Kier alpha value is -0.610. The van der Waals surface area contributed by atoms with Crippen LogP contribution in [0.2, 0.25) is 0 Å². The fourth-order valence-corrected chi connectivity index (χ4v) is 0.827. The topological polar surface area (TPSA) is 58.6 Å². The van der Waals surface area contributed by atoms with Crippen LogP contribution in [0.5, 0.6) is 0 Å². The number of amides is 1. The van der Waals surface area contributed by atoms with Crippen LogP contribution in [0.15, 0.2) is 0 Å². The van der Waals surface area contributed by atoms with Gasteiger partial charge in [0, 0.05) is 26.7 Å². The van der Waals surface area contributed by atoms with Crippen molar-refractivity contribution >= 4 is 5.91 Å². The minimum Gasteiger partial charge on any atom is -0.396 e. The summed E-state index contributed by atoms with van der Waals surface area (Å²) in [6, 6.07) is 0. The molecule has 1 amide bonds. The minimum absolute atomic E-state index is 0.0253. The predicted molar refractivity (Wildman–Crippen MR) is 50.4 cm³/mol. The molecule has 0 aliphatic carbocycles. The Morgan fingerprint density at radius 3 is 2.77 bits per heavy atom. The summed E-state index contributed by atoms with van der Waals surface area (Å²) in [5, 5.41) is 11.2. The van der Waals surface area contributed by atoms with Crippen molar-refractivity contribution in [3.05, 3.63) is 0 Å². The molecule has 0 aliphatic heterocycles. The summed E-state index contributed by atoms with van der Waals surface area (Å²) < 4.78 is 4.97. The Bertz CT molecular complexity index is 139. The summed E-state index contributed by atoms with van der Waals surface area (Å²) in [6.07, 6.45) is 1.97. The number of aliphatic hydroxyl groups is 1. The first kappa shape index (κ1) is 12.4. The van der Waals surface area contributed by atoms with E-state index in [1.807, 2.05) is 6.92 Å². The Morgan fingerprint density at radius 1 is 1.54 bits per heavy atom. The molecule has 0 spiro atoms. The van der Waals surface area contributed by atoms with Gasteiger partial charge in [-0.3, -0.25) is 4.79 Å². The largest absolute Gasteiger partial charge is 0.396 e. The highest BCUT2D eigenvalue weighted by Crippen LogP contribution is 1.94. The molecule has 1 unspecified atom stereocenters. The van der Waals surface area contributed by atoms with Gasteiger partial charge in [-0.2, -0.15) is 0 Å². The summed E-state index contributed by atoms with van der Waals surface area (Å²) >= 11 is 0. The van der Waals surface area contributed by atoms with Gasteiger partial charge in [0.1, 0.15) is 0 Å². The maximum absolute atomic E-state index is 11.1. The van der Waals surface area contributed by atoms with Crippen LogP contribution >= 0.6 is 0 Å². The van der Waals surface area contributed by atoms with Gasteiger partial charge < -0.3 is 15.2 Å². The van der Waals surface area contributed by atoms with Crippen LogP contribution in [0.4, 0.5) is 0 Å². The molecule has 13 heavy (non-hydrogen) atoms. The van der Waals surface area contributed by atoms with Gasteiger partial charge >= 0.3 is 0 Å². The number of carbonyl (C=O) groups excluding carboxylic acids is 1. The van der Waals surface area contributed by atoms with E-state index in [2.05, 4.69) is 5.32 Å². The van der Waals surface area contributed by atoms with Gasteiger partial charge in [0.25, 0.3) is 0 Å². The Labute approximate surface area is 79.3 Å². The van der Waals surface area contributed by atoms with E-state index in [0.717, 1.165) is 6.42 Å². The molecule has 0 aromatic heterocycles. The molecule has 0 saturated heterocycles. The molecule has 0 bridgehead atoms. The van der Waals surface area contributed by atoms with Crippen molar-refractivity contribution in [1.82, 2.24) is 5.32 Å². The van der Waals surface area contributed by atoms with E-state index in [1.165, 1.54) is 0 Å². The van der Waals surface area contributed by atoms with E-state index < -0.39 is 0 Å². The molecule has 1 atom stereocenters. The second-order valence-corrected chi connectivity index (χ2v) is 3.03. The van der Waals surface area contributed by atoms with Crippen LogP contribution in [-0.2, 0) is 9.53 Å². The highest BCUT2D eigenvalue weighted by molar-refractivity contribution is 5.75. The molecule has 2 N–H and O–H groups in total. The first-order chi connectivity index (χ1) is 6.20. The molecule has 0 rings (SSSR count). The lowest BCUT2D eigenvalue weighted by Gasteiger charge is -2.10. The van der Waals surface area contributed by atoms with Crippen molar-refractivity contribution in [3.8, 4) is 0 Å². The monoisotopic (exact) mass is 189 g/mol. The average molecular weight is 189 g/mol. The zero-order valence-electron chi connectivity index (χ0n) is 8.38. The summed E-state index contributed by atoms with van der Waals surface area (Å²) in [6.45, 7) is 2.60. The standard InChI is InChI=1S/C9H19NO3/c1-8(13-2)7-10-9(12)5-3-4-6-11/h8,11H,3-7H2,1-2H3,(H,10,12). The second kappa shape index (κ2) is 8.01. The highest BCUT2D eigenvalue weighted by Gasteiger charge is 2.03. The van der Waals surface area contributed by atoms with Crippen LogP contribution in [0.1, 0.15) is 26.2 Å². The van der Waals surface area contributed by atoms with Gasteiger partial charge in [-0.25, -0.2) is 0 Å². The van der Waals surface area contributed by atoms with Crippen molar-refractivity contribution in [2.24, 2.45) is 0 Å². The SMILES string of the molecule is COC(C)CNC(=O)CCCCO. The zero-order chi connectivity index (χ0) is 10.1. The molecule has 4 nitrogen and oxygen atoms in total. The highest BCUT2D eigenvalue weighted by atomic mass is 16.5. The summed E-state index contributed by atoms with van der Waals surface area (Å²) in [4.78, 5) is 11.1. The minimum atomic E-state index is 0.0253. The molecule has 0 heterocycles. The van der Waals surface area contributed by atoms with Crippen molar-refractivity contribution in [3.63, 3.8) is 0 Å². The normalized spacial score (nSPS) is 12.5. The van der Waals surface area contributed by atoms with Gasteiger partial charge in [0.05, 0.1) is 6.10 Å². The van der Waals surface area contributed by atoms with Crippen LogP contribution in [0.25, 0.3) is 0 Å². The molecule has 0 saturated carbocycles. The first-order valence-electron chi connectivity index (χ1n) is 4.61. The summed E-state index contributed by atoms with van der Waals surface area (Å²) in [5.41, 5.74) is 0. The van der Waals surface area contributed by atoms with E-state index in [4.69, 9.17) is 9.84 Å². The van der Waals surface area contributed by atoms with Gasteiger partial charge in [-0.15, -0.1) is 0 Å². The molecule has 0 aromatic carbocycles. The fourth-order valence-electron chi connectivity index (χ4n) is 0.827. The van der Waals surface area contributed by atoms with Crippen LogP contribution in [-0.4, -0.2) is 37.4 Å². The molecule has 4 heteroatoms. The van der Waals surface area contributed by atoms with Crippen molar-refractivity contribution < 1.29 is 14.6 Å². The number of hydrogen-bond acceptors (Lipinski definition) is 3. The lowest BCUT2D eigenvalue weighted by atomic mass is 10.2. The summed E-state index contributed by atoms with van der Waals surface area (Å²) in [5.74, 6) is 0.0253. The third kappa shape index (κ3) is 7.74. The number of rotatable bonds is 7. The number of ether oxygens (including phenoxy) is 1.